The number of halogens is 3. The van der Waals surface area contributed by atoms with E-state index < -0.39 is 17.3 Å². The summed E-state index contributed by atoms with van der Waals surface area (Å²) < 4.78 is 5.01. The number of phenols is 1. The molecule has 7 heteroatoms. The summed E-state index contributed by atoms with van der Waals surface area (Å²) in [6.45, 7) is 1.85. The molecule has 0 amide bonds. The second-order valence-electron chi connectivity index (χ2n) is 2.73. The summed E-state index contributed by atoms with van der Waals surface area (Å²) in [5.74, 6) is -2.23. The third-order valence-electron chi connectivity index (χ3n) is 1.76. The predicted molar refractivity (Wildman–Crippen MR) is 61.3 cm³/mol. The van der Waals surface area contributed by atoms with Gasteiger partial charge < -0.3 is 14.9 Å². The van der Waals surface area contributed by atoms with Gasteiger partial charge in [-0.1, -0.05) is 34.8 Å². The van der Waals surface area contributed by atoms with Gasteiger partial charge in [-0.05, 0) is 6.92 Å². The van der Waals surface area contributed by atoms with Crippen molar-refractivity contribution in [1.29, 1.82) is 0 Å². The first kappa shape index (κ1) is 13.2. The summed E-state index contributed by atoms with van der Waals surface area (Å²) in [4.78, 5) is 10.9. The van der Waals surface area contributed by atoms with Crippen molar-refractivity contribution in [2.24, 2.45) is 0 Å². The summed E-state index contributed by atoms with van der Waals surface area (Å²) in [5, 5.41) is 17.9. The Balaban J connectivity index is 3.58. The number of ether oxygens (including phenoxy) is 1. The molecule has 0 aliphatic carbocycles. The van der Waals surface area contributed by atoms with Crippen LogP contribution < -0.4 is 4.74 Å². The number of carbonyl (C=O) groups is 1. The van der Waals surface area contributed by atoms with Crippen LogP contribution in [0.5, 0.6) is 11.5 Å². The molecule has 1 rings (SSSR count). The van der Waals surface area contributed by atoms with Crippen LogP contribution in [0.3, 0.4) is 0 Å². The molecule has 1 aromatic carbocycles. The molecule has 88 valence electrons. The zero-order valence-corrected chi connectivity index (χ0v) is 10.3. The number of hydrogen-bond acceptors (Lipinski definition) is 3. The van der Waals surface area contributed by atoms with Crippen LogP contribution in [0, 0.1) is 0 Å². The molecule has 1 aromatic rings. The summed E-state index contributed by atoms with van der Waals surface area (Å²) >= 11 is 17.1. The Morgan fingerprint density at radius 2 is 1.81 bits per heavy atom. The van der Waals surface area contributed by atoms with Crippen molar-refractivity contribution in [2.45, 2.75) is 6.92 Å². The number of carboxylic acids is 1. The second-order valence-corrected chi connectivity index (χ2v) is 3.87. The predicted octanol–water partition coefficient (Wildman–Crippen LogP) is 3.45. The fourth-order valence-corrected chi connectivity index (χ4v) is 1.83. The lowest BCUT2D eigenvalue weighted by molar-refractivity contribution is 0.0693. The third-order valence-corrected chi connectivity index (χ3v) is 3.07. The smallest absolute Gasteiger partial charge is 0.341 e. The zero-order chi connectivity index (χ0) is 12.5. The summed E-state index contributed by atoms with van der Waals surface area (Å²) in [6.07, 6.45) is 0. The lowest BCUT2D eigenvalue weighted by atomic mass is 10.2. The van der Waals surface area contributed by atoms with E-state index in [4.69, 9.17) is 44.6 Å². The van der Waals surface area contributed by atoms with Crippen LogP contribution in [-0.2, 0) is 0 Å². The van der Waals surface area contributed by atoms with E-state index in [0.29, 0.717) is 0 Å². The quantitative estimate of drug-likeness (QED) is 0.835. The number of rotatable bonds is 3. The monoisotopic (exact) mass is 284 g/mol. The highest BCUT2D eigenvalue weighted by molar-refractivity contribution is 6.50. The Morgan fingerprint density at radius 3 is 2.25 bits per heavy atom. The molecule has 0 aromatic heterocycles. The molecular weight excluding hydrogens is 278 g/mol. The molecule has 0 heterocycles. The van der Waals surface area contributed by atoms with E-state index in [2.05, 4.69) is 0 Å². The van der Waals surface area contributed by atoms with Crippen molar-refractivity contribution in [3.05, 3.63) is 20.6 Å². The van der Waals surface area contributed by atoms with Crippen molar-refractivity contribution >= 4 is 40.8 Å². The van der Waals surface area contributed by atoms with Gasteiger partial charge >= 0.3 is 5.97 Å². The van der Waals surface area contributed by atoms with E-state index in [9.17, 15) is 9.90 Å². The van der Waals surface area contributed by atoms with Gasteiger partial charge in [0, 0.05) is 0 Å². The lowest BCUT2D eigenvalue weighted by Gasteiger charge is -2.13. The molecule has 0 spiro atoms. The SMILES string of the molecule is CCOc1c(O)c(C(=O)O)c(Cl)c(Cl)c1Cl. The van der Waals surface area contributed by atoms with Crippen LogP contribution in [0.25, 0.3) is 0 Å². The number of carboxylic acid groups (broad SMARTS) is 1. The van der Waals surface area contributed by atoms with Gasteiger partial charge in [0.05, 0.1) is 16.7 Å². The number of aromatic carboxylic acids is 1. The second kappa shape index (κ2) is 4.99. The van der Waals surface area contributed by atoms with Crippen LogP contribution in [0.1, 0.15) is 17.3 Å². The van der Waals surface area contributed by atoms with Crippen LogP contribution in [-0.4, -0.2) is 22.8 Å². The Morgan fingerprint density at radius 1 is 1.25 bits per heavy atom. The highest BCUT2D eigenvalue weighted by Gasteiger charge is 2.26. The number of aromatic hydroxyl groups is 1. The molecule has 2 N–H and O–H groups in total. The van der Waals surface area contributed by atoms with Crippen molar-refractivity contribution in [3.8, 4) is 11.5 Å². The van der Waals surface area contributed by atoms with Crippen molar-refractivity contribution in [2.75, 3.05) is 6.61 Å². The minimum Gasteiger partial charge on any atom is -0.504 e. The molecule has 0 aliphatic heterocycles. The average molecular weight is 286 g/mol. The molecule has 0 saturated heterocycles. The van der Waals surface area contributed by atoms with Gasteiger partial charge in [-0.2, -0.15) is 0 Å². The van der Waals surface area contributed by atoms with E-state index in [-0.39, 0.29) is 27.4 Å². The van der Waals surface area contributed by atoms with Gasteiger partial charge in [-0.3, -0.25) is 0 Å². The largest absolute Gasteiger partial charge is 0.504 e. The number of benzene rings is 1. The van der Waals surface area contributed by atoms with Crippen LogP contribution in [0.2, 0.25) is 15.1 Å². The molecule has 0 aliphatic rings. The molecule has 0 unspecified atom stereocenters. The first-order valence-electron chi connectivity index (χ1n) is 4.17. The van der Waals surface area contributed by atoms with E-state index >= 15 is 0 Å². The maximum atomic E-state index is 10.9. The molecule has 0 radical (unpaired) electrons. The molecule has 0 atom stereocenters. The Hall–Kier alpha value is -0.840. The van der Waals surface area contributed by atoms with Crippen LogP contribution in [0.15, 0.2) is 0 Å². The summed E-state index contributed by atoms with van der Waals surface area (Å²) in [6, 6.07) is 0. The normalized spacial score (nSPS) is 10.2. The number of hydrogen-bond donors (Lipinski definition) is 2. The summed E-state index contributed by atoms with van der Waals surface area (Å²) in [7, 11) is 0. The fraction of sp³-hybridized carbons (Fsp3) is 0.222. The van der Waals surface area contributed by atoms with Gasteiger partial charge in [-0.15, -0.1) is 0 Å². The highest BCUT2D eigenvalue weighted by atomic mass is 35.5. The van der Waals surface area contributed by atoms with E-state index in [1.165, 1.54) is 0 Å². The minimum atomic E-state index is -1.41. The Bertz CT molecular complexity index is 445. The molecule has 0 fully saturated rings. The van der Waals surface area contributed by atoms with Crippen molar-refractivity contribution < 1.29 is 19.7 Å². The Labute approximate surface area is 106 Å². The standard InChI is InChI=1S/C9H7Cl3O4/c1-2-16-8-6(12)5(11)4(10)3(7(8)13)9(14)15/h13H,2H2,1H3,(H,14,15). The first-order chi connectivity index (χ1) is 7.41. The minimum absolute atomic E-state index is 0.115. The molecule has 0 bridgehead atoms. The van der Waals surface area contributed by atoms with Crippen molar-refractivity contribution in [3.63, 3.8) is 0 Å². The molecule has 16 heavy (non-hydrogen) atoms. The van der Waals surface area contributed by atoms with Crippen molar-refractivity contribution in [1.82, 2.24) is 0 Å². The maximum absolute atomic E-state index is 10.9. The van der Waals surface area contributed by atoms with Gasteiger partial charge in [0.1, 0.15) is 10.6 Å². The fourth-order valence-electron chi connectivity index (χ4n) is 1.10. The van der Waals surface area contributed by atoms with Gasteiger partial charge in [0.25, 0.3) is 0 Å². The molecular formula is C9H7Cl3O4. The Kier molecular flexibility index (Phi) is 4.13. The highest BCUT2D eigenvalue weighted by Crippen LogP contribution is 2.47. The van der Waals surface area contributed by atoms with Gasteiger partial charge in [-0.25, -0.2) is 4.79 Å². The third kappa shape index (κ3) is 2.14. The first-order valence-corrected chi connectivity index (χ1v) is 5.30. The topological polar surface area (TPSA) is 66.8 Å². The summed E-state index contributed by atoms with van der Waals surface area (Å²) in [5.41, 5.74) is -0.528. The molecule has 4 nitrogen and oxygen atoms in total. The zero-order valence-electron chi connectivity index (χ0n) is 8.05. The molecule has 0 saturated carbocycles. The van der Waals surface area contributed by atoms with Crippen LogP contribution in [0.4, 0.5) is 0 Å². The van der Waals surface area contributed by atoms with E-state index in [0.717, 1.165) is 0 Å². The van der Waals surface area contributed by atoms with Gasteiger partial charge in [0.2, 0.25) is 0 Å². The van der Waals surface area contributed by atoms with E-state index in [1.54, 1.807) is 6.92 Å². The van der Waals surface area contributed by atoms with E-state index in [1.807, 2.05) is 0 Å². The van der Waals surface area contributed by atoms with Gasteiger partial charge in [0.15, 0.2) is 11.5 Å². The maximum Gasteiger partial charge on any atom is 0.341 e. The lowest BCUT2D eigenvalue weighted by Crippen LogP contribution is -2.02. The van der Waals surface area contributed by atoms with Crippen LogP contribution >= 0.6 is 34.8 Å². The average Bonchev–Trinajstić information content (AvgIpc) is 2.21.